The van der Waals surface area contributed by atoms with Crippen LogP contribution >= 0.6 is 11.3 Å². The fraction of sp³-hybridized carbons (Fsp3) is 0.600. The Hall–Kier alpha value is -0.380. The van der Waals surface area contributed by atoms with Crippen molar-refractivity contribution in [1.82, 2.24) is 0 Å². The lowest BCUT2D eigenvalue weighted by molar-refractivity contribution is 0.000997. The molecule has 13 heavy (non-hydrogen) atoms. The molecular formula is C10H17NOS. The number of hydrogen-bond donors (Lipinski definition) is 1. The molecule has 74 valence electrons. The Morgan fingerprint density at radius 3 is 2.77 bits per heavy atom. The summed E-state index contributed by atoms with van der Waals surface area (Å²) in [7, 11) is 1.70. The number of nitrogens with two attached hydrogens (primary N) is 1. The van der Waals surface area contributed by atoms with Crippen LogP contribution in [0.25, 0.3) is 0 Å². The topological polar surface area (TPSA) is 35.2 Å². The molecule has 0 bridgehead atoms. The summed E-state index contributed by atoms with van der Waals surface area (Å²) in [6, 6.07) is 4.21. The van der Waals surface area contributed by atoms with Crippen molar-refractivity contribution in [2.75, 3.05) is 7.11 Å². The van der Waals surface area contributed by atoms with Gasteiger partial charge in [-0.25, -0.2) is 0 Å². The van der Waals surface area contributed by atoms with Gasteiger partial charge in [0.25, 0.3) is 0 Å². The molecule has 0 saturated heterocycles. The van der Waals surface area contributed by atoms with E-state index in [9.17, 15) is 0 Å². The molecule has 2 N–H and O–H groups in total. The molecule has 0 amide bonds. The second-order valence-corrected chi connectivity index (χ2v) is 4.73. The molecule has 2 nitrogen and oxygen atoms in total. The first kappa shape index (κ1) is 10.7. The summed E-state index contributed by atoms with van der Waals surface area (Å²) >= 11 is 1.74. The van der Waals surface area contributed by atoms with Gasteiger partial charge in [0, 0.05) is 18.0 Å². The predicted octanol–water partition coefficient (Wildman–Crippen LogP) is 2.04. The van der Waals surface area contributed by atoms with Crippen LogP contribution < -0.4 is 5.73 Å². The van der Waals surface area contributed by atoms with E-state index in [1.807, 2.05) is 19.9 Å². The second-order valence-electron chi connectivity index (χ2n) is 3.70. The first-order valence-corrected chi connectivity index (χ1v) is 5.27. The van der Waals surface area contributed by atoms with Gasteiger partial charge in [-0.3, -0.25) is 0 Å². The zero-order chi connectivity index (χ0) is 9.90. The van der Waals surface area contributed by atoms with Crippen LogP contribution in [0.1, 0.15) is 18.7 Å². The van der Waals surface area contributed by atoms with Crippen LogP contribution in [0.15, 0.2) is 17.5 Å². The smallest absolute Gasteiger partial charge is 0.0776 e. The molecule has 0 aliphatic carbocycles. The molecular weight excluding hydrogens is 182 g/mol. The highest BCUT2D eigenvalue weighted by molar-refractivity contribution is 7.09. The maximum Gasteiger partial charge on any atom is 0.0776 e. The largest absolute Gasteiger partial charge is 0.377 e. The van der Waals surface area contributed by atoms with E-state index < -0.39 is 0 Å². The van der Waals surface area contributed by atoms with Crippen LogP contribution in [-0.2, 0) is 11.2 Å². The van der Waals surface area contributed by atoms with Crippen LogP contribution in [0.3, 0.4) is 0 Å². The van der Waals surface area contributed by atoms with Gasteiger partial charge in [-0.1, -0.05) is 6.07 Å². The van der Waals surface area contributed by atoms with Crippen molar-refractivity contribution in [2.45, 2.75) is 31.9 Å². The molecule has 0 aliphatic rings. The summed E-state index contributed by atoms with van der Waals surface area (Å²) in [5, 5.41) is 2.07. The van der Waals surface area contributed by atoms with Crippen LogP contribution in [0, 0.1) is 0 Å². The zero-order valence-corrected chi connectivity index (χ0v) is 9.23. The highest BCUT2D eigenvalue weighted by atomic mass is 32.1. The fourth-order valence-corrected chi connectivity index (χ4v) is 1.81. The number of ether oxygens (including phenoxy) is 1. The van der Waals surface area contributed by atoms with Crippen molar-refractivity contribution in [2.24, 2.45) is 5.73 Å². The lowest BCUT2D eigenvalue weighted by Crippen LogP contribution is -2.45. The number of hydrogen-bond acceptors (Lipinski definition) is 3. The van der Waals surface area contributed by atoms with E-state index in [-0.39, 0.29) is 11.6 Å². The van der Waals surface area contributed by atoms with E-state index >= 15 is 0 Å². The standard InChI is InChI=1S/C10H17NOS/c1-10(2,12-3)9(11)7-8-5-4-6-13-8/h4-6,9H,7,11H2,1-3H3. The van der Waals surface area contributed by atoms with Gasteiger partial charge in [-0.2, -0.15) is 0 Å². The summed E-state index contributed by atoms with van der Waals surface area (Å²) in [5.74, 6) is 0. The first-order valence-electron chi connectivity index (χ1n) is 4.39. The molecule has 0 saturated carbocycles. The summed E-state index contributed by atoms with van der Waals surface area (Å²) in [5.41, 5.74) is 5.79. The summed E-state index contributed by atoms with van der Waals surface area (Å²) in [6.07, 6.45) is 0.887. The number of thiophene rings is 1. The summed E-state index contributed by atoms with van der Waals surface area (Å²) in [4.78, 5) is 1.32. The maximum absolute atomic E-state index is 6.03. The molecule has 3 heteroatoms. The van der Waals surface area contributed by atoms with Crippen molar-refractivity contribution in [3.05, 3.63) is 22.4 Å². The number of methoxy groups -OCH3 is 1. The Kier molecular flexibility index (Phi) is 3.47. The van der Waals surface area contributed by atoms with Crippen LogP contribution in [0.4, 0.5) is 0 Å². The molecule has 1 aromatic heterocycles. The Morgan fingerprint density at radius 1 is 1.62 bits per heavy atom. The van der Waals surface area contributed by atoms with Gasteiger partial charge in [0.1, 0.15) is 0 Å². The number of rotatable bonds is 4. The summed E-state index contributed by atoms with van der Waals surface area (Å²) < 4.78 is 5.33. The average Bonchev–Trinajstić information content (AvgIpc) is 2.57. The molecule has 1 aromatic rings. The van der Waals surface area contributed by atoms with Crippen molar-refractivity contribution in [3.8, 4) is 0 Å². The minimum Gasteiger partial charge on any atom is -0.377 e. The van der Waals surface area contributed by atoms with Crippen molar-refractivity contribution in [1.29, 1.82) is 0 Å². The molecule has 1 unspecified atom stereocenters. The Bertz CT molecular complexity index is 243. The monoisotopic (exact) mass is 199 g/mol. The Balaban J connectivity index is 2.55. The Morgan fingerprint density at radius 2 is 2.31 bits per heavy atom. The zero-order valence-electron chi connectivity index (χ0n) is 8.41. The van der Waals surface area contributed by atoms with E-state index in [1.54, 1.807) is 18.4 Å². The maximum atomic E-state index is 6.03. The van der Waals surface area contributed by atoms with Gasteiger partial charge in [-0.15, -0.1) is 11.3 Å². The van der Waals surface area contributed by atoms with Gasteiger partial charge in [0.15, 0.2) is 0 Å². The molecule has 1 atom stereocenters. The molecule has 0 aliphatic heterocycles. The minimum atomic E-state index is -0.246. The van der Waals surface area contributed by atoms with Gasteiger partial charge in [0.2, 0.25) is 0 Å². The van der Waals surface area contributed by atoms with Crippen LogP contribution in [0.5, 0.6) is 0 Å². The third-order valence-electron chi connectivity index (χ3n) is 2.42. The summed E-state index contributed by atoms with van der Waals surface area (Å²) in [6.45, 7) is 4.04. The molecule has 0 spiro atoms. The molecule has 0 aromatic carbocycles. The van der Waals surface area contributed by atoms with Crippen molar-refractivity contribution < 1.29 is 4.74 Å². The van der Waals surface area contributed by atoms with Gasteiger partial charge in [-0.05, 0) is 31.7 Å². The third-order valence-corrected chi connectivity index (χ3v) is 3.32. The Labute approximate surface area is 83.7 Å². The highest BCUT2D eigenvalue weighted by Crippen LogP contribution is 2.18. The second kappa shape index (κ2) is 4.22. The third kappa shape index (κ3) is 2.79. The van der Waals surface area contributed by atoms with Gasteiger partial charge < -0.3 is 10.5 Å². The molecule has 1 rings (SSSR count). The lowest BCUT2D eigenvalue weighted by Gasteiger charge is -2.29. The normalized spacial score (nSPS) is 14.5. The average molecular weight is 199 g/mol. The van der Waals surface area contributed by atoms with Gasteiger partial charge >= 0.3 is 0 Å². The van der Waals surface area contributed by atoms with Crippen LogP contribution in [-0.4, -0.2) is 18.8 Å². The minimum absolute atomic E-state index is 0.0520. The first-order chi connectivity index (χ1) is 6.06. The fourth-order valence-electron chi connectivity index (χ4n) is 1.04. The lowest BCUT2D eigenvalue weighted by atomic mass is 9.96. The van der Waals surface area contributed by atoms with E-state index in [2.05, 4.69) is 11.4 Å². The van der Waals surface area contributed by atoms with E-state index in [0.29, 0.717) is 0 Å². The highest BCUT2D eigenvalue weighted by Gasteiger charge is 2.25. The van der Waals surface area contributed by atoms with Crippen molar-refractivity contribution in [3.63, 3.8) is 0 Å². The van der Waals surface area contributed by atoms with Crippen molar-refractivity contribution >= 4 is 11.3 Å². The quantitative estimate of drug-likeness (QED) is 0.805. The van der Waals surface area contributed by atoms with E-state index in [1.165, 1.54) is 4.88 Å². The van der Waals surface area contributed by atoms with Crippen LogP contribution in [0.2, 0.25) is 0 Å². The van der Waals surface area contributed by atoms with E-state index in [4.69, 9.17) is 10.5 Å². The molecule has 0 radical (unpaired) electrons. The molecule has 0 fully saturated rings. The SMILES string of the molecule is COC(C)(C)C(N)Cc1cccs1. The van der Waals surface area contributed by atoms with E-state index in [0.717, 1.165) is 6.42 Å². The van der Waals surface area contributed by atoms with Gasteiger partial charge in [0.05, 0.1) is 5.60 Å². The molecule has 1 heterocycles. The predicted molar refractivity (Wildman–Crippen MR) is 57.1 cm³/mol.